The van der Waals surface area contributed by atoms with E-state index >= 15 is 0 Å². The average molecular weight is 229 g/mol. The minimum atomic E-state index is -0.388. The van der Waals surface area contributed by atoms with Gasteiger partial charge in [-0.05, 0) is 19.3 Å². The molecule has 0 aromatic rings. The molecule has 2 nitrogen and oxygen atoms in total. The number of hydrogen-bond acceptors (Lipinski definition) is 1. The van der Waals surface area contributed by atoms with Gasteiger partial charge in [-0.25, -0.2) is 0 Å². The molecule has 94 valence electrons. The molecule has 0 aliphatic heterocycles. The van der Waals surface area contributed by atoms with Gasteiger partial charge in [-0.1, -0.05) is 40.0 Å². The van der Waals surface area contributed by atoms with Crippen LogP contribution in [0.4, 0.5) is 4.39 Å². The number of carbonyl (C=O) groups excluding carboxylic acids is 1. The summed E-state index contributed by atoms with van der Waals surface area (Å²) in [6, 6.07) is 0. The highest BCUT2D eigenvalue weighted by Gasteiger charge is 2.35. The Labute approximate surface area is 98.0 Å². The van der Waals surface area contributed by atoms with Crippen LogP contribution in [-0.2, 0) is 4.79 Å². The molecule has 1 aliphatic rings. The number of nitrogens with one attached hydrogen (secondary N) is 1. The maximum Gasteiger partial charge on any atom is 0.225 e. The third kappa shape index (κ3) is 3.46. The summed E-state index contributed by atoms with van der Waals surface area (Å²) in [5.74, 6) is 0.0443. The summed E-state index contributed by atoms with van der Waals surface area (Å²) < 4.78 is 12.6. The molecule has 0 heterocycles. The van der Waals surface area contributed by atoms with Crippen molar-refractivity contribution in [3.8, 4) is 0 Å². The van der Waals surface area contributed by atoms with E-state index in [1.807, 2.05) is 20.8 Å². The Morgan fingerprint density at radius 3 is 2.25 bits per heavy atom. The summed E-state index contributed by atoms with van der Waals surface area (Å²) >= 11 is 0. The first kappa shape index (κ1) is 13.5. The van der Waals surface area contributed by atoms with Crippen LogP contribution in [-0.4, -0.2) is 18.1 Å². The fourth-order valence-corrected chi connectivity index (χ4v) is 2.28. The van der Waals surface area contributed by atoms with Gasteiger partial charge in [0.2, 0.25) is 5.91 Å². The van der Waals surface area contributed by atoms with Crippen molar-refractivity contribution in [2.24, 2.45) is 5.41 Å². The Balaban J connectivity index is 2.67. The van der Waals surface area contributed by atoms with Crippen LogP contribution in [0.15, 0.2) is 0 Å². The lowest BCUT2D eigenvalue weighted by molar-refractivity contribution is -0.131. The summed E-state index contributed by atoms with van der Waals surface area (Å²) in [6.45, 7) is 5.35. The van der Waals surface area contributed by atoms with Crippen molar-refractivity contribution in [2.75, 3.05) is 6.67 Å². The molecule has 3 heteroatoms. The molecule has 0 aromatic carbocycles. The molecule has 0 saturated heterocycles. The number of rotatable bonds is 3. The second-order valence-electron chi connectivity index (χ2n) is 5.98. The molecule has 1 saturated carbocycles. The van der Waals surface area contributed by atoms with Crippen LogP contribution in [0.3, 0.4) is 0 Å². The molecule has 0 spiro atoms. The Morgan fingerprint density at radius 2 is 1.81 bits per heavy atom. The number of halogens is 1. The second-order valence-corrected chi connectivity index (χ2v) is 5.98. The van der Waals surface area contributed by atoms with E-state index < -0.39 is 0 Å². The molecule has 1 rings (SSSR count). The zero-order chi connectivity index (χ0) is 12.2. The van der Waals surface area contributed by atoms with Crippen LogP contribution in [0.25, 0.3) is 0 Å². The van der Waals surface area contributed by atoms with Crippen molar-refractivity contribution in [2.45, 2.75) is 64.8 Å². The molecule has 1 amide bonds. The lowest BCUT2D eigenvalue weighted by atomic mass is 9.78. The van der Waals surface area contributed by atoms with Crippen molar-refractivity contribution in [3.05, 3.63) is 0 Å². The molecule has 0 bridgehead atoms. The van der Waals surface area contributed by atoms with Crippen LogP contribution in [0.5, 0.6) is 0 Å². The molecule has 0 unspecified atom stereocenters. The lowest BCUT2D eigenvalue weighted by Crippen LogP contribution is -2.53. The summed E-state index contributed by atoms with van der Waals surface area (Å²) in [7, 11) is 0. The van der Waals surface area contributed by atoms with Crippen molar-refractivity contribution >= 4 is 5.91 Å². The summed E-state index contributed by atoms with van der Waals surface area (Å²) in [6.07, 6.45) is 5.74. The quantitative estimate of drug-likeness (QED) is 0.791. The van der Waals surface area contributed by atoms with Gasteiger partial charge in [0, 0.05) is 11.0 Å². The normalized spacial score (nSPS) is 20.5. The molecule has 1 N–H and O–H groups in total. The predicted octanol–water partition coefficient (Wildman–Crippen LogP) is 3.21. The highest BCUT2D eigenvalue weighted by atomic mass is 19.1. The smallest absolute Gasteiger partial charge is 0.225 e. The van der Waals surface area contributed by atoms with Gasteiger partial charge in [-0.15, -0.1) is 0 Å². The Kier molecular flexibility index (Phi) is 4.34. The van der Waals surface area contributed by atoms with E-state index in [9.17, 15) is 9.18 Å². The van der Waals surface area contributed by atoms with Crippen LogP contribution in [0, 0.1) is 5.41 Å². The Bertz CT molecular complexity index is 233. The van der Waals surface area contributed by atoms with E-state index in [1.54, 1.807) is 0 Å². The van der Waals surface area contributed by atoms with Crippen LogP contribution in [0.1, 0.15) is 59.3 Å². The summed E-state index contributed by atoms with van der Waals surface area (Å²) in [4.78, 5) is 12.0. The maximum absolute atomic E-state index is 12.6. The van der Waals surface area contributed by atoms with E-state index in [2.05, 4.69) is 5.32 Å². The van der Waals surface area contributed by atoms with Crippen molar-refractivity contribution < 1.29 is 9.18 Å². The molecule has 16 heavy (non-hydrogen) atoms. The van der Waals surface area contributed by atoms with Crippen LogP contribution in [0.2, 0.25) is 0 Å². The number of carbonyl (C=O) groups is 1. The van der Waals surface area contributed by atoms with Gasteiger partial charge in [0.15, 0.2) is 0 Å². The van der Waals surface area contributed by atoms with Crippen LogP contribution >= 0.6 is 0 Å². The lowest BCUT2D eigenvalue weighted by Gasteiger charge is -2.39. The van der Waals surface area contributed by atoms with Gasteiger partial charge < -0.3 is 5.32 Å². The minimum Gasteiger partial charge on any atom is -0.350 e. The van der Waals surface area contributed by atoms with Gasteiger partial charge in [0.05, 0.1) is 6.67 Å². The number of hydrogen-bond donors (Lipinski definition) is 1. The third-order valence-corrected chi connectivity index (χ3v) is 3.44. The molecular weight excluding hydrogens is 205 g/mol. The fraction of sp³-hybridized carbons (Fsp3) is 0.923. The summed E-state index contributed by atoms with van der Waals surface area (Å²) in [5.41, 5.74) is -0.655. The van der Waals surface area contributed by atoms with Crippen LogP contribution < -0.4 is 5.32 Å². The van der Waals surface area contributed by atoms with Gasteiger partial charge in [-0.3, -0.25) is 9.18 Å². The SMILES string of the molecule is CC(C)(C)C(=O)NC1(CCF)CCCCC1. The van der Waals surface area contributed by atoms with Gasteiger partial charge >= 0.3 is 0 Å². The first-order valence-electron chi connectivity index (χ1n) is 6.28. The van der Waals surface area contributed by atoms with E-state index in [0.717, 1.165) is 25.7 Å². The monoisotopic (exact) mass is 229 g/mol. The first-order chi connectivity index (χ1) is 7.40. The molecular formula is C13H24FNO. The van der Waals surface area contributed by atoms with E-state index in [0.29, 0.717) is 6.42 Å². The Morgan fingerprint density at radius 1 is 1.25 bits per heavy atom. The minimum absolute atomic E-state index is 0.0443. The summed E-state index contributed by atoms with van der Waals surface area (Å²) in [5, 5.41) is 3.09. The van der Waals surface area contributed by atoms with E-state index in [-0.39, 0.29) is 23.5 Å². The van der Waals surface area contributed by atoms with Gasteiger partial charge in [0.25, 0.3) is 0 Å². The average Bonchev–Trinajstić information content (AvgIpc) is 2.17. The molecule has 0 radical (unpaired) electrons. The highest BCUT2D eigenvalue weighted by molar-refractivity contribution is 5.82. The largest absolute Gasteiger partial charge is 0.350 e. The fourth-order valence-electron chi connectivity index (χ4n) is 2.28. The van der Waals surface area contributed by atoms with Crippen molar-refractivity contribution in [3.63, 3.8) is 0 Å². The molecule has 0 atom stereocenters. The second kappa shape index (κ2) is 5.15. The Hall–Kier alpha value is -0.600. The molecule has 1 fully saturated rings. The molecule has 1 aliphatic carbocycles. The third-order valence-electron chi connectivity index (χ3n) is 3.44. The van der Waals surface area contributed by atoms with Gasteiger partial charge in [-0.2, -0.15) is 0 Å². The van der Waals surface area contributed by atoms with E-state index in [4.69, 9.17) is 0 Å². The standard InChI is InChI=1S/C13H24FNO/c1-12(2,3)11(16)15-13(9-10-14)7-5-4-6-8-13/h4-10H2,1-3H3,(H,15,16). The predicted molar refractivity (Wildman–Crippen MR) is 64.0 cm³/mol. The molecule has 0 aromatic heterocycles. The first-order valence-corrected chi connectivity index (χ1v) is 6.28. The zero-order valence-electron chi connectivity index (χ0n) is 10.7. The number of amides is 1. The van der Waals surface area contributed by atoms with Crippen molar-refractivity contribution in [1.29, 1.82) is 0 Å². The topological polar surface area (TPSA) is 29.1 Å². The van der Waals surface area contributed by atoms with E-state index in [1.165, 1.54) is 6.42 Å². The number of alkyl halides is 1. The zero-order valence-corrected chi connectivity index (χ0v) is 10.7. The highest BCUT2D eigenvalue weighted by Crippen LogP contribution is 2.32. The van der Waals surface area contributed by atoms with Crippen molar-refractivity contribution in [1.82, 2.24) is 5.32 Å². The van der Waals surface area contributed by atoms with Gasteiger partial charge in [0.1, 0.15) is 0 Å². The maximum atomic E-state index is 12.6.